The van der Waals surface area contributed by atoms with Gasteiger partial charge in [0.2, 0.25) is 21.2 Å². The van der Waals surface area contributed by atoms with Crippen LogP contribution in [-0.4, -0.2) is 18.9 Å². The Kier molecular flexibility index (Phi) is 5.75. The average Bonchev–Trinajstić information content (AvgIpc) is 2.77. The normalized spacial score (nSPS) is 11.4. The molecule has 6 nitrogen and oxygen atoms in total. The number of halogens is 1. The van der Waals surface area contributed by atoms with Crippen molar-refractivity contribution >= 4 is 48.3 Å². The highest BCUT2D eigenvalue weighted by molar-refractivity contribution is 9.10. The molecule has 8 heteroatoms. The number of hydrogen-bond acceptors (Lipinski definition) is 4. The van der Waals surface area contributed by atoms with Crippen LogP contribution in [0.4, 0.5) is 5.69 Å². The number of anilines is 1. The number of para-hydroxylation sites is 1. The fourth-order valence-corrected chi connectivity index (χ4v) is 5.02. The molecule has 0 aliphatic carbocycles. The third-order valence-electron chi connectivity index (χ3n) is 4.72. The number of rotatable bonds is 5. The first-order valence-corrected chi connectivity index (χ1v) is 11.6. The summed E-state index contributed by atoms with van der Waals surface area (Å²) in [7, 11) is -4.07. The minimum absolute atomic E-state index is 0.0155. The molecule has 0 unspecified atom stereocenters. The monoisotopic (exact) mass is 496 g/mol. The number of nitrogens with zero attached hydrogens (tertiary/aromatic N) is 1. The molecule has 0 saturated carbocycles. The molecule has 31 heavy (non-hydrogen) atoms. The van der Waals surface area contributed by atoms with Gasteiger partial charge in [0.25, 0.3) is 0 Å². The van der Waals surface area contributed by atoms with E-state index in [-0.39, 0.29) is 27.6 Å². The van der Waals surface area contributed by atoms with Crippen LogP contribution in [0, 0.1) is 0 Å². The van der Waals surface area contributed by atoms with Crippen LogP contribution >= 0.6 is 15.9 Å². The van der Waals surface area contributed by atoms with Crippen molar-refractivity contribution < 1.29 is 13.2 Å². The zero-order valence-corrected chi connectivity index (χ0v) is 18.6. The van der Waals surface area contributed by atoms with Gasteiger partial charge in [0.05, 0.1) is 10.4 Å². The summed E-state index contributed by atoms with van der Waals surface area (Å²) in [4.78, 5) is 25.4. The lowest BCUT2D eigenvalue weighted by molar-refractivity contribution is -0.116. The maximum Gasteiger partial charge on any atom is 0.244 e. The van der Waals surface area contributed by atoms with Crippen molar-refractivity contribution in [2.75, 3.05) is 5.32 Å². The molecule has 0 radical (unpaired) electrons. The minimum atomic E-state index is -4.07. The summed E-state index contributed by atoms with van der Waals surface area (Å²) in [6, 6.07) is 21.7. The molecule has 1 N–H and O–H groups in total. The van der Waals surface area contributed by atoms with Crippen molar-refractivity contribution in [3.05, 3.63) is 99.8 Å². The third-order valence-corrected chi connectivity index (χ3v) is 6.98. The number of hydrogen-bond donors (Lipinski definition) is 1. The summed E-state index contributed by atoms with van der Waals surface area (Å²) >= 11 is 3.33. The van der Waals surface area contributed by atoms with E-state index in [1.165, 1.54) is 22.9 Å². The van der Waals surface area contributed by atoms with Gasteiger partial charge < -0.3 is 9.88 Å². The first-order valence-electron chi connectivity index (χ1n) is 9.34. The number of aromatic nitrogens is 1. The predicted octanol–water partition coefficient (Wildman–Crippen LogP) is 4.24. The Hall–Kier alpha value is -3.23. The summed E-state index contributed by atoms with van der Waals surface area (Å²) in [6.07, 6.45) is 1.24. The predicted molar refractivity (Wildman–Crippen MR) is 123 cm³/mol. The summed E-state index contributed by atoms with van der Waals surface area (Å²) < 4.78 is 28.5. The Morgan fingerprint density at radius 3 is 2.26 bits per heavy atom. The zero-order valence-electron chi connectivity index (χ0n) is 16.2. The van der Waals surface area contributed by atoms with Gasteiger partial charge in [-0.15, -0.1) is 0 Å². The number of sulfone groups is 1. The van der Waals surface area contributed by atoms with E-state index in [0.29, 0.717) is 15.7 Å². The van der Waals surface area contributed by atoms with Crippen molar-refractivity contribution in [1.29, 1.82) is 0 Å². The Labute approximate surface area is 187 Å². The van der Waals surface area contributed by atoms with E-state index in [0.717, 1.165) is 0 Å². The summed E-state index contributed by atoms with van der Waals surface area (Å²) in [6.45, 7) is -0.162. The highest BCUT2D eigenvalue weighted by Crippen LogP contribution is 2.23. The molecule has 0 bridgehead atoms. The number of carbonyl (C=O) groups is 1. The van der Waals surface area contributed by atoms with Gasteiger partial charge in [-0.05, 0) is 42.5 Å². The molecular weight excluding hydrogens is 480 g/mol. The quantitative estimate of drug-likeness (QED) is 0.447. The largest absolute Gasteiger partial charge is 0.336 e. The van der Waals surface area contributed by atoms with Gasteiger partial charge in [-0.3, -0.25) is 9.59 Å². The molecule has 4 rings (SSSR count). The van der Waals surface area contributed by atoms with Crippen LogP contribution in [-0.2, 0) is 21.2 Å². The Morgan fingerprint density at radius 2 is 1.58 bits per heavy atom. The van der Waals surface area contributed by atoms with Crippen LogP contribution < -0.4 is 10.7 Å². The molecule has 0 fully saturated rings. The SMILES string of the molecule is O=C(Cn1cc(S(=O)(=O)c2ccccc2)c(=O)c2cc(Br)ccc21)Nc1ccccc1. The second-order valence-electron chi connectivity index (χ2n) is 6.84. The second kappa shape index (κ2) is 8.49. The fourth-order valence-electron chi connectivity index (χ4n) is 3.27. The molecule has 3 aromatic carbocycles. The molecule has 0 saturated heterocycles. The second-order valence-corrected chi connectivity index (χ2v) is 9.68. The first kappa shape index (κ1) is 21.0. The van der Waals surface area contributed by atoms with E-state index in [1.807, 2.05) is 6.07 Å². The molecule has 1 heterocycles. The fraction of sp³-hybridized carbons (Fsp3) is 0.0435. The first-order chi connectivity index (χ1) is 14.9. The lowest BCUT2D eigenvalue weighted by atomic mass is 10.2. The van der Waals surface area contributed by atoms with E-state index in [1.54, 1.807) is 60.7 Å². The maximum absolute atomic E-state index is 13.2. The molecule has 1 aromatic heterocycles. The van der Waals surface area contributed by atoms with E-state index in [9.17, 15) is 18.0 Å². The summed E-state index contributed by atoms with van der Waals surface area (Å²) in [5.41, 5.74) is 0.473. The van der Waals surface area contributed by atoms with Crippen LogP contribution in [0.15, 0.2) is 104 Å². The van der Waals surface area contributed by atoms with Gasteiger partial charge >= 0.3 is 0 Å². The van der Waals surface area contributed by atoms with Crippen molar-refractivity contribution in [2.24, 2.45) is 0 Å². The van der Waals surface area contributed by atoms with Crippen LogP contribution in [0.3, 0.4) is 0 Å². The topological polar surface area (TPSA) is 85.2 Å². The number of fused-ring (bicyclic) bond motifs is 1. The highest BCUT2D eigenvalue weighted by Gasteiger charge is 2.24. The molecule has 0 spiro atoms. The van der Waals surface area contributed by atoms with Gasteiger partial charge in [-0.1, -0.05) is 52.3 Å². The van der Waals surface area contributed by atoms with Gasteiger partial charge in [0.1, 0.15) is 11.4 Å². The molecule has 0 atom stereocenters. The van der Waals surface area contributed by atoms with Gasteiger partial charge in [-0.2, -0.15) is 0 Å². The van der Waals surface area contributed by atoms with Gasteiger partial charge in [0.15, 0.2) is 0 Å². The Bertz CT molecular complexity index is 1430. The third kappa shape index (κ3) is 4.30. The summed E-state index contributed by atoms with van der Waals surface area (Å²) in [5, 5.41) is 2.98. The maximum atomic E-state index is 13.2. The standard InChI is InChI=1S/C23H17BrN2O4S/c24-16-11-12-20-19(13-16)23(28)21(31(29,30)18-9-5-2-6-10-18)14-26(20)15-22(27)25-17-7-3-1-4-8-17/h1-14H,15H2,(H,25,27). The van der Waals surface area contributed by atoms with E-state index in [2.05, 4.69) is 21.2 Å². The Balaban J connectivity index is 1.84. The molecule has 0 aliphatic heterocycles. The van der Waals surface area contributed by atoms with E-state index in [4.69, 9.17) is 0 Å². The highest BCUT2D eigenvalue weighted by atomic mass is 79.9. The molecule has 0 aliphatic rings. The van der Waals surface area contributed by atoms with Crippen molar-refractivity contribution in [3.63, 3.8) is 0 Å². The zero-order chi connectivity index (χ0) is 22.0. The van der Waals surface area contributed by atoms with Crippen LogP contribution in [0.5, 0.6) is 0 Å². The van der Waals surface area contributed by atoms with Crippen LogP contribution in [0.25, 0.3) is 10.9 Å². The lowest BCUT2D eigenvalue weighted by Gasteiger charge is -2.14. The molecule has 1 amide bonds. The molecular formula is C23H17BrN2O4S. The van der Waals surface area contributed by atoms with Crippen LogP contribution in [0.2, 0.25) is 0 Å². The van der Waals surface area contributed by atoms with Crippen molar-refractivity contribution in [3.8, 4) is 0 Å². The number of benzene rings is 3. The lowest BCUT2D eigenvalue weighted by Crippen LogP contribution is -2.23. The minimum Gasteiger partial charge on any atom is -0.336 e. The van der Waals surface area contributed by atoms with Gasteiger partial charge in [-0.25, -0.2) is 8.42 Å². The van der Waals surface area contributed by atoms with Crippen LogP contribution in [0.1, 0.15) is 0 Å². The number of carbonyl (C=O) groups excluding carboxylic acids is 1. The van der Waals surface area contributed by atoms with Crippen molar-refractivity contribution in [1.82, 2.24) is 4.57 Å². The molecule has 4 aromatic rings. The number of pyridine rings is 1. The smallest absolute Gasteiger partial charge is 0.244 e. The van der Waals surface area contributed by atoms with E-state index >= 15 is 0 Å². The summed E-state index contributed by atoms with van der Waals surface area (Å²) in [5.74, 6) is -0.345. The average molecular weight is 497 g/mol. The number of amides is 1. The Morgan fingerprint density at radius 1 is 0.935 bits per heavy atom. The van der Waals surface area contributed by atoms with Crippen molar-refractivity contribution in [2.45, 2.75) is 16.3 Å². The van der Waals surface area contributed by atoms with E-state index < -0.39 is 15.3 Å². The number of nitrogens with one attached hydrogen (secondary N) is 1. The molecule has 156 valence electrons. The van der Waals surface area contributed by atoms with Gasteiger partial charge in [0, 0.05) is 21.7 Å².